The number of carbonyl (C=O) groups excluding carboxylic acids is 3. The van der Waals surface area contributed by atoms with Crippen LogP contribution in [0.4, 0.5) is 4.39 Å². The van der Waals surface area contributed by atoms with Gasteiger partial charge in [0.25, 0.3) is 5.91 Å². The average Bonchev–Trinajstić information content (AvgIpc) is 3.55. The number of rotatable bonds is 7. The molecule has 8 heteroatoms. The monoisotopic (exact) mass is 653 g/mol. The van der Waals surface area contributed by atoms with E-state index >= 15 is 0 Å². The number of halogens is 1. The summed E-state index contributed by atoms with van der Waals surface area (Å²) < 4.78 is 20.8. The van der Waals surface area contributed by atoms with E-state index in [1.807, 2.05) is 24.3 Å². The van der Waals surface area contributed by atoms with Gasteiger partial charge in [0.1, 0.15) is 11.6 Å². The molecule has 0 saturated heterocycles. The Bertz CT molecular complexity index is 1770. The summed E-state index contributed by atoms with van der Waals surface area (Å²) in [4.78, 5) is 41.0. The van der Waals surface area contributed by atoms with Crippen molar-refractivity contribution in [1.29, 1.82) is 0 Å². The van der Waals surface area contributed by atoms with Gasteiger partial charge in [0.2, 0.25) is 5.91 Å². The van der Waals surface area contributed by atoms with E-state index < -0.39 is 5.82 Å². The molecular formula is C40H48FN3O4. The van der Waals surface area contributed by atoms with Gasteiger partial charge in [0.05, 0.1) is 18.3 Å². The number of fused-ring (bicyclic) bond motifs is 5. The number of H-pyrrole nitrogens is 1. The number of aromatic nitrogens is 1. The number of Topliss-reactive ketones (excluding diaryl/α,β-unsaturated/α-hetero) is 1. The summed E-state index contributed by atoms with van der Waals surface area (Å²) in [5.41, 5.74) is 5.35. The zero-order chi connectivity index (χ0) is 33.2. The molecule has 7 atom stereocenters. The molecule has 4 saturated carbocycles. The molecule has 4 fully saturated rings. The molecule has 0 bridgehead atoms. The van der Waals surface area contributed by atoms with E-state index in [0.717, 1.165) is 65.3 Å². The first-order valence-electron chi connectivity index (χ1n) is 18.3. The lowest BCUT2D eigenvalue weighted by Crippen LogP contribution is -2.54. The van der Waals surface area contributed by atoms with Gasteiger partial charge in [0, 0.05) is 48.9 Å². The van der Waals surface area contributed by atoms with E-state index in [-0.39, 0.29) is 23.3 Å². The average molecular weight is 654 g/mol. The zero-order valence-corrected chi connectivity index (χ0v) is 28.3. The molecule has 3 aromatic rings. The highest BCUT2D eigenvalue weighted by Crippen LogP contribution is 2.66. The van der Waals surface area contributed by atoms with E-state index in [0.29, 0.717) is 66.7 Å². The summed E-state index contributed by atoms with van der Waals surface area (Å²) in [7, 11) is 0. The van der Waals surface area contributed by atoms with Crippen molar-refractivity contribution in [3.63, 3.8) is 0 Å². The van der Waals surface area contributed by atoms with E-state index in [1.165, 1.54) is 44.2 Å². The molecule has 0 spiro atoms. The van der Waals surface area contributed by atoms with Gasteiger partial charge >= 0.3 is 0 Å². The second-order valence-corrected chi connectivity index (χ2v) is 16.0. The van der Waals surface area contributed by atoms with Crippen LogP contribution in [0, 0.1) is 40.3 Å². The number of amides is 2. The molecule has 0 radical (unpaired) electrons. The standard InChI is InChI=1S/C40H48FN3O4/c1-39-15-11-27(45)19-25(39)7-8-28-31-9-10-34(40(31,2)16-12-32(28)39)48-18-14-35(46)43-22-23-3-5-24(6-4-23)37-29-13-17-42-38(47)30-20-26(41)21-33(44-37)36(29)30/h3-6,20-21,25,28,31-32,34,44H,7-19,22H2,1-2H3,(H,42,47)(H,43,46)/t25-,28-,31-,32-,34-,39-,40-/m0/s1. The zero-order valence-electron chi connectivity index (χ0n) is 28.3. The van der Waals surface area contributed by atoms with Gasteiger partial charge in [-0.1, -0.05) is 38.1 Å². The third-order valence-electron chi connectivity index (χ3n) is 13.6. The molecule has 48 heavy (non-hydrogen) atoms. The minimum atomic E-state index is -0.439. The largest absolute Gasteiger partial charge is 0.377 e. The highest BCUT2D eigenvalue weighted by Gasteiger charge is 2.60. The van der Waals surface area contributed by atoms with Gasteiger partial charge in [-0.2, -0.15) is 0 Å². The quantitative estimate of drug-likeness (QED) is 0.250. The van der Waals surface area contributed by atoms with Crippen molar-refractivity contribution in [2.24, 2.45) is 34.5 Å². The van der Waals surface area contributed by atoms with Gasteiger partial charge in [-0.15, -0.1) is 0 Å². The van der Waals surface area contributed by atoms with Crippen molar-refractivity contribution in [3.8, 4) is 11.3 Å². The number of hydrogen-bond donors (Lipinski definition) is 3. The molecule has 3 N–H and O–H groups in total. The lowest BCUT2D eigenvalue weighted by molar-refractivity contribution is -0.145. The number of ketones is 1. The molecule has 1 aliphatic heterocycles. The number of aromatic amines is 1. The van der Waals surface area contributed by atoms with Crippen molar-refractivity contribution < 1.29 is 23.5 Å². The first-order chi connectivity index (χ1) is 23.1. The molecule has 8 rings (SSSR count). The maximum atomic E-state index is 14.3. The normalized spacial score (nSPS) is 32.6. The summed E-state index contributed by atoms with van der Waals surface area (Å²) in [5.74, 6) is 2.52. The van der Waals surface area contributed by atoms with Gasteiger partial charge in [-0.25, -0.2) is 4.39 Å². The van der Waals surface area contributed by atoms with Gasteiger partial charge < -0.3 is 20.4 Å². The van der Waals surface area contributed by atoms with Crippen LogP contribution in [0.25, 0.3) is 22.2 Å². The smallest absolute Gasteiger partial charge is 0.252 e. The Balaban J connectivity index is 0.847. The van der Waals surface area contributed by atoms with Crippen molar-refractivity contribution in [2.75, 3.05) is 13.2 Å². The lowest BCUT2D eigenvalue weighted by Gasteiger charge is -2.60. The first kappa shape index (κ1) is 31.7. The first-order valence-corrected chi connectivity index (χ1v) is 18.3. The van der Waals surface area contributed by atoms with Crippen LogP contribution >= 0.6 is 0 Å². The fourth-order valence-electron chi connectivity index (χ4n) is 11.1. The van der Waals surface area contributed by atoms with Gasteiger partial charge in [-0.3, -0.25) is 14.4 Å². The Morgan fingerprint density at radius 3 is 2.62 bits per heavy atom. The van der Waals surface area contributed by atoms with E-state index in [2.05, 4.69) is 29.5 Å². The molecule has 2 amide bonds. The van der Waals surface area contributed by atoms with Crippen LogP contribution in [-0.4, -0.2) is 41.8 Å². The Hall–Kier alpha value is -3.52. The van der Waals surface area contributed by atoms with E-state index in [9.17, 15) is 18.8 Å². The molecule has 1 aromatic heterocycles. The third-order valence-corrected chi connectivity index (χ3v) is 13.6. The van der Waals surface area contributed by atoms with Crippen LogP contribution in [0.15, 0.2) is 36.4 Å². The number of benzene rings is 2. The van der Waals surface area contributed by atoms with E-state index in [1.54, 1.807) is 0 Å². The minimum Gasteiger partial charge on any atom is -0.377 e. The maximum Gasteiger partial charge on any atom is 0.252 e. The molecular weight excluding hydrogens is 605 g/mol. The highest BCUT2D eigenvalue weighted by atomic mass is 19.1. The summed E-state index contributed by atoms with van der Waals surface area (Å²) in [6, 6.07) is 10.8. The number of nitrogens with one attached hydrogen (secondary N) is 3. The predicted molar refractivity (Wildman–Crippen MR) is 183 cm³/mol. The second-order valence-electron chi connectivity index (χ2n) is 16.0. The predicted octanol–water partition coefficient (Wildman–Crippen LogP) is 7.26. The van der Waals surface area contributed by atoms with Gasteiger partial charge in [-0.05, 0) is 115 Å². The summed E-state index contributed by atoms with van der Waals surface area (Å²) in [5, 5.41) is 6.72. The van der Waals surface area contributed by atoms with E-state index in [4.69, 9.17) is 4.74 Å². The molecule has 254 valence electrons. The molecule has 7 nitrogen and oxygen atoms in total. The third kappa shape index (κ3) is 5.30. The van der Waals surface area contributed by atoms with Gasteiger partial charge in [0.15, 0.2) is 0 Å². The fraction of sp³-hybridized carbons (Fsp3) is 0.575. The topological polar surface area (TPSA) is 100 Å². The summed E-state index contributed by atoms with van der Waals surface area (Å²) in [6.07, 6.45) is 11.1. The number of ether oxygens (including phenoxy) is 1. The number of carbonyl (C=O) groups is 3. The van der Waals surface area contributed by atoms with Crippen LogP contribution in [0.3, 0.4) is 0 Å². The lowest BCUT2D eigenvalue weighted by atomic mass is 9.45. The molecule has 2 aromatic carbocycles. The molecule has 5 aliphatic rings. The molecule has 4 aliphatic carbocycles. The second kappa shape index (κ2) is 12.1. The maximum absolute atomic E-state index is 14.3. The Labute approximate surface area is 282 Å². The van der Waals surface area contributed by atoms with Crippen molar-refractivity contribution >= 4 is 28.5 Å². The SMILES string of the molecule is C[C@]12CCC(=O)C[C@@H]1CC[C@@H]1[C@@H]2CC[C@]2(C)[C@@H](OCCC(=O)NCc3ccc(-c4[nH]c5cc(F)cc6c5c4CCNC6=O)cc3)CC[C@@H]12. The van der Waals surface area contributed by atoms with Crippen molar-refractivity contribution in [3.05, 3.63) is 58.9 Å². The van der Waals surface area contributed by atoms with Crippen LogP contribution in [-0.2, 0) is 27.3 Å². The summed E-state index contributed by atoms with van der Waals surface area (Å²) >= 11 is 0. The highest BCUT2D eigenvalue weighted by molar-refractivity contribution is 6.10. The molecule has 0 unspecified atom stereocenters. The number of hydrogen-bond acceptors (Lipinski definition) is 4. The summed E-state index contributed by atoms with van der Waals surface area (Å²) in [6.45, 7) is 6.32. The van der Waals surface area contributed by atoms with Crippen molar-refractivity contribution in [1.82, 2.24) is 15.6 Å². The molecule has 2 heterocycles. The Morgan fingerprint density at radius 1 is 0.979 bits per heavy atom. The van der Waals surface area contributed by atoms with Crippen LogP contribution in [0.5, 0.6) is 0 Å². The fourth-order valence-corrected chi connectivity index (χ4v) is 11.1. The Morgan fingerprint density at radius 2 is 1.79 bits per heavy atom. The Kier molecular flexibility index (Phi) is 8.01. The van der Waals surface area contributed by atoms with Crippen molar-refractivity contribution in [2.45, 2.75) is 97.1 Å². The van der Waals surface area contributed by atoms with Crippen LogP contribution in [0.2, 0.25) is 0 Å². The van der Waals surface area contributed by atoms with Crippen LogP contribution < -0.4 is 10.6 Å². The minimum absolute atomic E-state index is 0.0106. The van der Waals surface area contributed by atoms with Crippen LogP contribution in [0.1, 0.15) is 99.5 Å².